The van der Waals surface area contributed by atoms with Gasteiger partial charge in [0.15, 0.2) is 0 Å². The van der Waals surface area contributed by atoms with Gasteiger partial charge >= 0.3 is 5.97 Å². The van der Waals surface area contributed by atoms with Crippen LogP contribution in [0.15, 0.2) is 18.2 Å². The summed E-state index contributed by atoms with van der Waals surface area (Å²) in [6, 6.07) is 4.66. The highest BCUT2D eigenvalue weighted by Gasteiger charge is 2.40. The molecule has 0 saturated carbocycles. The van der Waals surface area contributed by atoms with Crippen LogP contribution < -0.4 is 4.74 Å². The van der Waals surface area contributed by atoms with Gasteiger partial charge in [-0.1, -0.05) is 6.92 Å². The molecule has 0 aliphatic carbocycles. The first-order valence-electron chi connectivity index (χ1n) is 7.29. The molecule has 1 fully saturated rings. The van der Waals surface area contributed by atoms with Crippen molar-refractivity contribution in [1.82, 2.24) is 4.90 Å². The summed E-state index contributed by atoms with van der Waals surface area (Å²) in [5.41, 5.74) is -0.153. The summed E-state index contributed by atoms with van der Waals surface area (Å²) in [4.78, 5) is 13.6. The smallest absolute Gasteiger partial charge is 0.310 e. The quantitative estimate of drug-likeness (QED) is 0.907. The predicted octanol–water partition coefficient (Wildman–Crippen LogP) is 2.91. The summed E-state index contributed by atoms with van der Waals surface area (Å²) < 4.78 is 19.0. The largest absolute Gasteiger partial charge is 0.497 e. The lowest BCUT2D eigenvalue weighted by atomic mass is 9.77. The summed E-state index contributed by atoms with van der Waals surface area (Å²) in [7, 11) is 1.55. The molecule has 1 aliphatic rings. The zero-order valence-electron chi connectivity index (χ0n) is 12.6. The summed E-state index contributed by atoms with van der Waals surface area (Å²) in [5, 5.41) is 9.49. The lowest BCUT2D eigenvalue weighted by Crippen LogP contribution is -2.47. The maximum absolute atomic E-state index is 13.9. The van der Waals surface area contributed by atoms with Crippen LogP contribution in [0.3, 0.4) is 0 Å². The molecule has 21 heavy (non-hydrogen) atoms. The maximum atomic E-state index is 13.9. The molecule has 5 heteroatoms. The van der Waals surface area contributed by atoms with Crippen LogP contribution in [-0.2, 0) is 11.3 Å². The van der Waals surface area contributed by atoms with Crippen molar-refractivity contribution in [3.63, 3.8) is 0 Å². The Labute approximate surface area is 124 Å². The van der Waals surface area contributed by atoms with Gasteiger partial charge in [0.2, 0.25) is 0 Å². The average Bonchev–Trinajstić information content (AvgIpc) is 2.49. The number of carboxylic acid groups (broad SMARTS) is 1. The number of halogens is 1. The number of methoxy groups -OCH3 is 1. The fourth-order valence-electron chi connectivity index (χ4n) is 3.02. The average molecular weight is 295 g/mol. The molecule has 1 atom stereocenters. The standard InChI is InChI=1S/C16H22FNO3/c1-3-16(15(19)20)7-4-8-18(11-16)10-12-9-13(21-2)5-6-14(12)17/h5-6,9H,3-4,7-8,10-11H2,1-2H3,(H,19,20). The summed E-state index contributed by atoms with van der Waals surface area (Å²) in [5.74, 6) is -0.414. The van der Waals surface area contributed by atoms with Crippen molar-refractivity contribution in [2.45, 2.75) is 32.7 Å². The molecular weight excluding hydrogens is 273 g/mol. The SMILES string of the molecule is CCC1(C(=O)O)CCCN(Cc2cc(OC)ccc2F)C1. The van der Waals surface area contributed by atoms with E-state index in [-0.39, 0.29) is 5.82 Å². The zero-order valence-corrected chi connectivity index (χ0v) is 12.6. The topological polar surface area (TPSA) is 49.8 Å². The zero-order chi connectivity index (χ0) is 15.5. The number of piperidine rings is 1. The minimum absolute atomic E-state index is 0.279. The second-order valence-corrected chi connectivity index (χ2v) is 5.71. The number of rotatable bonds is 5. The van der Waals surface area contributed by atoms with Crippen molar-refractivity contribution >= 4 is 5.97 Å². The molecule has 0 bridgehead atoms. The molecular formula is C16H22FNO3. The summed E-state index contributed by atoms with van der Waals surface area (Å²) in [6.45, 7) is 3.59. The van der Waals surface area contributed by atoms with E-state index in [1.807, 2.05) is 11.8 Å². The van der Waals surface area contributed by atoms with Gasteiger partial charge in [-0.25, -0.2) is 4.39 Å². The fourth-order valence-corrected chi connectivity index (χ4v) is 3.02. The normalized spacial score (nSPS) is 23.0. The van der Waals surface area contributed by atoms with Crippen molar-refractivity contribution in [2.75, 3.05) is 20.2 Å². The Morgan fingerprint density at radius 3 is 2.90 bits per heavy atom. The van der Waals surface area contributed by atoms with Crippen LogP contribution in [0.5, 0.6) is 5.75 Å². The molecule has 0 aromatic heterocycles. The number of nitrogens with zero attached hydrogens (tertiary/aromatic N) is 1. The second kappa shape index (κ2) is 6.43. The molecule has 1 N–H and O–H groups in total. The molecule has 116 valence electrons. The van der Waals surface area contributed by atoms with Crippen molar-refractivity contribution in [2.24, 2.45) is 5.41 Å². The third-order valence-electron chi connectivity index (χ3n) is 4.43. The third kappa shape index (κ3) is 3.35. The highest BCUT2D eigenvalue weighted by molar-refractivity contribution is 5.75. The molecule has 1 aromatic rings. The van der Waals surface area contributed by atoms with Gasteiger partial charge in [0, 0.05) is 18.7 Å². The Balaban J connectivity index is 2.14. The van der Waals surface area contributed by atoms with E-state index < -0.39 is 11.4 Å². The van der Waals surface area contributed by atoms with Crippen molar-refractivity contribution in [3.8, 4) is 5.75 Å². The van der Waals surface area contributed by atoms with Crippen LogP contribution in [0.2, 0.25) is 0 Å². The summed E-state index contributed by atoms with van der Waals surface area (Å²) in [6.07, 6.45) is 2.11. The third-order valence-corrected chi connectivity index (χ3v) is 4.43. The molecule has 0 radical (unpaired) electrons. The first kappa shape index (κ1) is 15.8. The Bertz CT molecular complexity index is 520. The number of hydrogen-bond acceptors (Lipinski definition) is 3. The van der Waals surface area contributed by atoms with Gasteiger partial charge < -0.3 is 9.84 Å². The Morgan fingerprint density at radius 2 is 2.29 bits per heavy atom. The van der Waals surface area contributed by atoms with E-state index >= 15 is 0 Å². The minimum atomic E-state index is -0.749. The molecule has 2 rings (SSSR count). The molecule has 1 unspecified atom stereocenters. The van der Waals surface area contributed by atoms with Gasteiger partial charge in [0.1, 0.15) is 11.6 Å². The predicted molar refractivity (Wildman–Crippen MR) is 77.8 cm³/mol. The Hall–Kier alpha value is -1.62. The monoisotopic (exact) mass is 295 g/mol. The maximum Gasteiger partial charge on any atom is 0.310 e. The van der Waals surface area contributed by atoms with Gasteiger partial charge in [-0.05, 0) is 44.0 Å². The number of ether oxygens (including phenoxy) is 1. The van der Waals surface area contributed by atoms with Gasteiger partial charge in [-0.3, -0.25) is 9.69 Å². The van der Waals surface area contributed by atoms with Crippen LogP contribution >= 0.6 is 0 Å². The van der Waals surface area contributed by atoms with Crippen LogP contribution in [0, 0.1) is 11.2 Å². The van der Waals surface area contributed by atoms with Crippen molar-refractivity contribution in [3.05, 3.63) is 29.6 Å². The number of likely N-dealkylation sites (tertiary alicyclic amines) is 1. The highest BCUT2D eigenvalue weighted by Crippen LogP contribution is 2.34. The number of aliphatic carboxylic acids is 1. The lowest BCUT2D eigenvalue weighted by molar-refractivity contribution is -0.153. The van der Waals surface area contributed by atoms with E-state index in [1.165, 1.54) is 6.07 Å². The Morgan fingerprint density at radius 1 is 1.52 bits per heavy atom. The lowest BCUT2D eigenvalue weighted by Gasteiger charge is -2.39. The van der Waals surface area contributed by atoms with Crippen LogP contribution in [-0.4, -0.2) is 36.2 Å². The number of hydrogen-bond donors (Lipinski definition) is 1. The summed E-state index contributed by atoms with van der Waals surface area (Å²) >= 11 is 0. The van der Waals surface area contributed by atoms with Gasteiger partial charge in [-0.2, -0.15) is 0 Å². The van der Waals surface area contributed by atoms with Crippen molar-refractivity contribution in [1.29, 1.82) is 0 Å². The van der Waals surface area contributed by atoms with Crippen molar-refractivity contribution < 1.29 is 19.0 Å². The Kier molecular flexibility index (Phi) is 4.83. The van der Waals surface area contributed by atoms with E-state index in [2.05, 4.69) is 0 Å². The first-order chi connectivity index (χ1) is 10.0. The van der Waals surface area contributed by atoms with Gasteiger partial charge in [0.25, 0.3) is 0 Å². The van der Waals surface area contributed by atoms with Gasteiger partial charge in [-0.15, -0.1) is 0 Å². The van der Waals surface area contributed by atoms with E-state index in [9.17, 15) is 14.3 Å². The van der Waals surface area contributed by atoms with Crippen LogP contribution in [0.1, 0.15) is 31.7 Å². The van der Waals surface area contributed by atoms with Gasteiger partial charge in [0.05, 0.1) is 12.5 Å². The second-order valence-electron chi connectivity index (χ2n) is 5.71. The first-order valence-corrected chi connectivity index (χ1v) is 7.29. The fraction of sp³-hybridized carbons (Fsp3) is 0.562. The molecule has 1 aromatic carbocycles. The molecule has 4 nitrogen and oxygen atoms in total. The number of benzene rings is 1. The molecule has 1 heterocycles. The van der Waals surface area contributed by atoms with E-state index in [1.54, 1.807) is 19.2 Å². The van der Waals surface area contributed by atoms with E-state index in [4.69, 9.17) is 4.74 Å². The molecule has 0 amide bonds. The number of carbonyl (C=O) groups is 1. The molecule has 0 spiro atoms. The van der Waals surface area contributed by atoms with Crippen LogP contribution in [0.25, 0.3) is 0 Å². The van der Waals surface area contributed by atoms with Crippen LogP contribution in [0.4, 0.5) is 4.39 Å². The molecule has 1 saturated heterocycles. The highest BCUT2D eigenvalue weighted by atomic mass is 19.1. The van der Waals surface area contributed by atoms with E-state index in [0.717, 1.165) is 13.0 Å². The van der Waals surface area contributed by atoms with E-state index in [0.29, 0.717) is 37.2 Å². The minimum Gasteiger partial charge on any atom is -0.497 e. The molecule has 1 aliphatic heterocycles. The number of carboxylic acids is 1.